The molecule has 1 amide bonds. The second-order valence-electron chi connectivity index (χ2n) is 7.06. The Morgan fingerprint density at radius 1 is 0.966 bits per heavy atom. The molecule has 0 N–H and O–H groups in total. The van der Waals surface area contributed by atoms with Crippen LogP contribution in [0.5, 0.6) is 11.5 Å². The number of methoxy groups -OCH3 is 1. The SMILES string of the molecule is COc1ccc(OC(C)C(=O)N2CCCN(C)c3nc4ccccc4nc32)cc1. The van der Waals surface area contributed by atoms with E-state index >= 15 is 0 Å². The number of aromatic nitrogens is 2. The molecular formula is C22H24N4O3. The number of hydrogen-bond donors (Lipinski definition) is 0. The number of nitrogens with zero attached hydrogens (tertiary/aromatic N) is 4. The highest BCUT2D eigenvalue weighted by molar-refractivity contribution is 5.99. The number of anilines is 2. The van der Waals surface area contributed by atoms with Crippen LogP contribution in [0.2, 0.25) is 0 Å². The summed E-state index contributed by atoms with van der Waals surface area (Å²) >= 11 is 0. The molecule has 7 nitrogen and oxygen atoms in total. The van der Waals surface area contributed by atoms with Gasteiger partial charge in [-0.1, -0.05) is 12.1 Å². The zero-order valence-electron chi connectivity index (χ0n) is 16.8. The highest BCUT2D eigenvalue weighted by atomic mass is 16.5. The van der Waals surface area contributed by atoms with E-state index in [1.165, 1.54) is 0 Å². The quantitative estimate of drug-likeness (QED) is 0.679. The molecule has 4 rings (SSSR count). The van der Waals surface area contributed by atoms with Crippen LogP contribution in [-0.2, 0) is 4.79 Å². The number of hydrogen-bond acceptors (Lipinski definition) is 6. The van der Waals surface area contributed by atoms with Gasteiger partial charge < -0.3 is 14.4 Å². The van der Waals surface area contributed by atoms with Crippen LogP contribution in [0.25, 0.3) is 11.0 Å². The van der Waals surface area contributed by atoms with Gasteiger partial charge in [0.25, 0.3) is 5.91 Å². The molecule has 1 aromatic heterocycles. The van der Waals surface area contributed by atoms with Gasteiger partial charge in [0.05, 0.1) is 18.1 Å². The van der Waals surface area contributed by atoms with Crippen molar-refractivity contribution in [2.45, 2.75) is 19.4 Å². The number of amides is 1. The fourth-order valence-electron chi connectivity index (χ4n) is 3.44. The summed E-state index contributed by atoms with van der Waals surface area (Å²) in [5, 5.41) is 0. The van der Waals surface area contributed by atoms with Crippen molar-refractivity contribution >= 4 is 28.6 Å². The van der Waals surface area contributed by atoms with E-state index in [1.54, 1.807) is 43.2 Å². The normalized spacial score (nSPS) is 14.9. The minimum Gasteiger partial charge on any atom is -0.497 e. The zero-order valence-corrected chi connectivity index (χ0v) is 16.8. The third-order valence-corrected chi connectivity index (χ3v) is 5.01. The van der Waals surface area contributed by atoms with E-state index in [4.69, 9.17) is 19.4 Å². The van der Waals surface area contributed by atoms with Crippen LogP contribution in [0, 0.1) is 0 Å². The molecule has 1 unspecified atom stereocenters. The van der Waals surface area contributed by atoms with Crippen LogP contribution in [-0.4, -0.2) is 49.2 Å². The summed E-state index contributed by atoms with van der Waals surface area (Å²) in [6, 6.07) is 14.9. The fraction of sp³-hybridized carbons (Fsp3) is 0.318. The molecule has 2 heterocycles. The lowest BCUT2D eigenvalue weighted by Gasteiger charge is -2.25. The van der Waals surface area contributed by atoms with Gasteiger partial charge in [0.1, 0.15) is 11.5 Å². The summed E-state index contributed by atoms with van der Waals surface area (Å²) in [6.07, 6.45) is 0.166. The van der Waals surface area contributed by atoms with Gasteiger partial charge in [0.15, 0.2) is 17.7 Å². The van der Waals surface area contributed by atoms with E-state index < -0.39 is 6.10 Å². The maximum Gasteiger partial charge on any atom is 0.269 e. The van der Waals surface area contributed by atoms with Gasteiger partial charge in [-0.3, -0.25) is 9.69 Å². The fourth-order valence-corrected chi connectivity index (χ4v) is 3.44. The van der Waals surface area contributed by atoms with Crippen LogP contribution >= 0.6 is 0 Å². The molecule has 0 saturated heterocycles. The summed E-state index contributed by atoms with van der Waals surface area (Å²) in [5.74, 6) is 2.51. The van der Waals surface area contributed by atoms with Gasteiger partial charge in [-0.25, -0.2) is 9.97 Å². The largest absolute Gasteiger partial charge is 0.497 e. The minimum absolute atomic E-state index is 0.137. The Bertz CT molecular complexity index is 1020. The van der Waals surface area contributed by atoms with Gasteiger partial charge >= 0.3 is 0 Å². The first-order valence-corrected chi connectivity index (χ1v) is 9.67. The molecule has 0 saturated carbocycles. The molecule has 0 fully saturated rings. The number of carbonyl (C=O) groups is 1. The molecular weight excluding hydrogens is 368 g/mol. The monoisotopic (exact) mass is 392 g/mol. The smallest absolute Gasteiger partial charge is 0.269 e. The molecule has 1 atom stereocenters. The molecule has 1 aliphatic heterocycles. The zero-order chi connectivity index (χ0) is 20.4. The van der Waals surface area contributed by atoms with Crippen LogP contribution in [0.15, 0.2) is 48.5 Å². The maximum absolute atomic E-state index is 13.3. The Kier molecular flexibility index (Phi) is 5.20. The van der Waals surface area contributed by atoms with Crippen molar-refractivity contribution in [3.8, 4) is 11.5 Å². The first-order valence-electron chi connectivity index (χ1n) is 9.67. The molecule has 0 spiro atoms. The number of benzene rings is 2. The summed E-state index contributed by atoms with van der Waals surface area (Å²) in [6.45, 7) is 3.13. The predicted octanol–water partition coefficient (Wildman–Crippen LogP) is 3.28. The standard InChI is InChI=1S/C22H24N4O3/c1-15(29-17-11-9-16(28-3)10-12-17)22(27)26-14-6-13-25(2)20-21(26)24-19-8-5-4-7-18(19)23-20/h4-5,7-12,15H,6,13-14H2,1-3H3. The van der Waals surface area contributed by atoms with Crippen molar-refractivity contribution in [1.29, 1.82) is 0 Å². The predicted molar refractivity (Wildman–Crippen MR) is 113 cm³/mol. The summed E-state index contributed by atoms with van der Waals surface area (Å²) < 4.78 is 11.1. The van der Waals surface area contributed by atoms with Gasteiger partial charge in [-0.2, -0.15) is 0 Å². The van der Waals surface area contributed by atoms with E-state index in [0.29, 0.717) is 23.9 Å². The van der Waals surface area contributed by atoms with Crippen molar-refractivity contribution in [1.82, 2.24) is 9.97 Å². The van der Waals surface area contributed by atoms with Crippen LogP contribution in [0.1, 0.15) is 13.3 Å². The van der Waals surface area contributed by atoms with Gasteiger partial charge in [-0.15, -0.1) is 0 Å². The number of carbonyl (C=O) groups excluding carboxylic acids is 1. The Morgan fingerprint density at radius 3 is 2.24 bits per heavy atom. The second-order valence-corrected chi connectivity index (χ2v) is 7.06. The molecule has 0 radical (unpaired) electrons. The molecule has 150 valence electrons. The highest BCUT2D eigenvalue weighted by Gasteiger charge is 2.30. The van der Waals surface area contributed by atoms with Crippen molar-refractivity contribution in [3.05, 3.63) is 48.5 Å². The van der Waals surface area contributed by atoms with Crippen molar-refractivity contribution in [2.24, 2.45) is 0 Å². The summed E-state index contributed by atoms with van der Waals surface area (Å²) in [4.78, 5) is 26.6. The van der Waals surface area contributed by atoms with Gasteiger partial charge in [-0.05, 0) is 49.7 Å². The first-order chi connectivity index (χ1) is 14.1. The lowest BCUT2D eigenvalue weighted by Crippen LogP contribution is -2.41. The molecule has 29 heavy (non-hydrogen) atoms. The van der Waals surface area contributed by atoms with Crippen LogP contribution in [0.4, 0.5) is 11.6 Å². The first kappa shape index (κ1) is 19.0. The Labute approximate surface area is 169 Å². The average Bonchev–Trinajstić information content (AvgIpc) is 2.91. The maximum atomic E-state index is 13.3. The van der Waals surface area contributed by atoms with Crippen molar-refractivity contribution in [3.63, 3.8) is 0 Å². The molecule has 3 aromatic rings. The van der Waals surface area contributed by atoms with Crippen molar-refractivity contribution < 1.29 is 14.3 Å². The number of ether oxygens (including phenoxy) is 2. The lowest BCUT2D eigenvalue weighted by molar-refractivity contribution is -0.124. The number of fused-ring (bicyclic) bond motifs is 2. The summed E-state index contributed by atoms with van der Waals surface area (Å²) in [7, 11) is 3.59. The van der Waals surface area contributed by atoms with Crippen LogP contribution < -0.4 is 19.3 Å². The third-order valence-electron chi connectivity index (χ3n) is 5.01. The topological polar surface area (TPSA) is 67.8 Å². The van der Waals surface area contributed by atoms with E-state index in [-0.39, 0.29) is 5.91 Å². The minimum atomic E-state index is -0.659. The third kappa shape index (κ3) is 3.81. The number of para-hydroxylation sites is 2. The van der Waals surface area contributed by atoms with E-state index in [0.717, 1.165) is 29.7 Å². The number of rotatable bonds is 4. The molecule has 1 aliphatic rings. The highest BCUT2D eigenvalue weighted by Crippen LogP contribution is 2.31. The van der Waals surface area contributed by atoms with E-state index in [1.807, 2.05) is 31.3 Å². The van der Waals surface area contributed by atoms with Crippen molar-refractivity contribution in [2.75, 3.05) is 37.0 Å². The molecule has 0 bridgehead atoms. The van der Waals surface area contributed by atoms with E-state index in [9.17, 15) is 4.79 Å². The molecule has 2 aromatic carbocycles. The Morgan fingerprint density at radius 2 is 1.59 bits per heavy atom. The van der Waals surface area contributed by atoms with E-state index in [2.05, 4.69) is 4.90 Å². The summed E-state index contributed by atoms with van der Waals surface area (Å²) in [5.41, 5.74) is 1.58. The van der Waals surface area contributed by atoms with Crippen LogP contribution in [0.3, 0.4) is 0 Å². The van der Waals surface area contributed by atoms with Gasteiger partial charge in [0, 0.05) is 20.1 Å². The lowest BCUT2D eigenvalue weighted by atomic mass is 10.2. The average molecular weight is 392 g/mol. The van der Waals surface area contributed by atoms with Gasteiger partial charge in [0.2, 0.25) is 0 Å². The molecule has 7 heteroatoms. The Balaban J connectivity index is 1.63. The molecule has 0 aliphatic carbocycles. The Hall–Kier alpha value is -3.35. The second kappa shape index (κ2) is 7.95.